The Morgan fingerprint density at radius 2 is 1.89 bits per heavy atom. The zero-order chi connectivity index (χ0) is 12.6. The fraction of sp³-hybridized carbons (Fsp3) is 1.00. The van der Waals surface area contributed by atoms with E-state index in [2.05, 4.69) is 0 Å². The average Bonchev–Trinajstić information content (AvgIpc) is 2.86. The first-order valence-corrected chi connectivity index (χ1v) is 7.57. The Kier molecular flexibility index (Phi) is 3.41. The van der Waals surface area contributed by atoms with Crippen molar-refractivity contribution in [2.75, 3.05) is 13.7 Å². The Morgan fingerprint density at radius 1 is 1.17 bits per heavy atom. The van der Waals surface area contributed by atoms with Crippen molar-refractivity contribution < 1.29 is 14.6 Å². The van der Waals surface area contributed by atoms with Gasteiger partial charge >= 0.3 is 0 Å². The molecule has 3 rings (SSSR count). The molecule has 2 saturated carbocycles. The molecule has 0 aromatic carbocycles. The summed E-state index contributed by atoms with van der Waals surface area (Å²) >= 11 is 0. The Balaban J connectivity index is 1.69. The van der Waals surface area contributed by atoms with Gasteiger partial charge in [0.2, 0.25) is 0 Å². The summed E-state index contributed by atoms with van der Waals surface area (Å²) in [6.07, 6.45) is 9.84. The van der Waals surface area contributed by atoms with E-state index in [0.717, 1.165) is 32.3 Å². The first kappa shape index (κ1) is 12.9. The second-order valence-electron chi connectivity index (χ2n) is 6.56. The second-order valence-corrected chi connectivity index (χ2v) is 6.56. The second kappa shape index (κ2) is 4.77. The summed E-state index contributed by atoms with van der Waals surface area (Å²) in [5.41, 5.74) is -0.135. The van der Waals surface area contributed by atoms with Gasteiger partial charge in [0.15, 0.2) is 0 Å². The molecule has 1 spiro atoms. The Morgan fingerprint density at radius 3 is 2.44 bits per heavy atom. The number of hydrogen-bond donors (Lipinski definition) is 1. The molecule has 3 aliphatic rings. The molecular formula is C15H26O3. The molecule has 3 fully saturated rings. The fourth-order valence-corrected chi connectivity index (χ4v) is 4.28. The molecule has 104 valence electrons. The Bertz CT molecular complexity index is 292. The summed E-state index contributed by atoms with van der Waals surface area (Å²) in [6.45, 7) is 0.821. The van der Waals surface area contributed by atoms with E-state index in [1.807, 2.05) is 0 Å². The molecule has 0 bridgehead atoms. The molecule has 0 amide bonds. The Labute approximate surface area is 110 Å². The first-order chi connectivity index (χ1) is 8.70. The van der Waals surface area contributed by atoms with E-state index in [1.165, 1.54) is 32.1 Å². The van der Waals surface area contributed by atoms with Crippen LogP contribution in [-0.2, 0) is 9.47 Å². The number of aliphatic hydroxyl groups is 1. The molecule has 0 radical (unpaired) electrons. The van der Waals surface area contributed by atoms with E-state index in [1.54, 1.807) is 7.11 Å². The lowest BCUT2D eigenvalue weighted by atomic mass is 9.68. The summed E-state index contributed by atoms with van der Waals surface area (Å²) < 4.78 is 11.7. The summed E-state index contributed by atoms with van der Waals surface area (Å²) in [7, 11) is 1.77. The zero-order valence-corrected chi connectivity index (χ0v) is 11.5. The molecule has 3 heteroatoms. The van der Waals surface area contributed by atoms with Crippen LogP contribution in [0.15, 0.2) is 0 Å². The van der Waals surface area contributed by atoms with Crippen LogP contribution in [0.1, 0.15) is 57.8 Å². The van der Waals surface area contributed by atoms with Gasteiger partial charge in [-0.05, 0) is 50.9 Å². The lowest BCUT2D eigenvalue weighted by molar-refractivity contribution is -0.186. The van der Waals surface area contributed by atoms with E-state index < -0.39 is 0 Å². The van der Waals surface area contributed by atoms with Crippen molar-refractivity contribution >= 4 is 0 Å². The van der Waals surface area contributed by atoms with Crippen molar-refractivity contribution in [2.45, 2.75) is 75.1 Å². The minimum absolute atomic E-state index is 0.122. The van der Waals surface area contributed by atoms with Gasteiger partial charge in [0.1, 0.15) is 0 Å². The standard InChI is InChI=1S/C15H26O3/c1-17-15(8-2-3-9-15)13(16)12-5-10-18-14(11-12)6-4-7-14/h12-13,16H,2-11H2,1H3. The summed E-state index contributed by atoms with van der Waals surface area (Å²) in [6, 6.07) is 0. The van der Waals surface area contributed by atoms with Crippen molar-refractivity contribution in [2.24, 2.45) is 5.92 Å². The molecule has 1 heterocycles. The van der Waals surface area contributed by atoms with Crippen LogP contribution < -0.4 is 0 Å². The van der Waals surface area contributed by atoms with Crippen molar-refractivity contribution in [1.82, 2.24) is 0 Å². The molecule has 1 aliphatic heterocycles. The molecule has 18 heavy (non-hydrogen) atoms. The lowest BCUT2D eigenvalue weighted by Gasteiger charge is -2.50. The van der Waals surface area contributed by atoms with Gasteiger partial charge in [0.05, 0.1) is 17.3 Å². The topological polar surface area (TPSA) is 38.7 Å². The SMILES string of the molecule is COC1(C(O)C2CCOC3(CCC3)C2)CCCC1. The molecule has 1 saturated heterocycles. The number of ether oxygens (including phenoxy) is 2. The molecule has 0 aromatic heterocycles. The third kappa shape index (κ3) is 2.00. The van der Waals surface area contributed by atoms with E-state index >= 15 is 0 Å². The van der Waals surface area contributed by atoms with Crippen LogP contribution in [0.2, 0.25) is 0 Å². The number of methoxy groups -OCH3 is 1. The third-order valence-corrected chi connectivity index (χ3v) is 5.64. The minimum atomic E-state index is -0.300. The molecule has 0 aromatic rings. The molecule has 2 atom stereocenters. The normalized spacial score (nSPS) is 35.3. The Hall–Kier alpha value is -0.120. The molecular weight excluding hydrogens is 228 g/mol. The first-order valence-electron chi connectivity index (χ1n) is 7.57. The maximum atomic E-state index is 10.8. The van der Waals surface area contributed by atoms with Crippen molar-refractivity contribution in [3.05, 3.63) is 0 Å². The van der Waals surface area contributed by atoms with E-state index in [0.29, 0.717) is 5.92 Å². The predicted molar refractivity (Wildman–Crippen MR) is 69.5 cm³/mol. The van der Waals surface area contributed by atoms with Crippen LogP contribution in [0, 0.1) is 5.92 Å². The molecule has 3 nitrogen and oxygen atoms in total. The molecule has 1 N–H and O–H groups in total. The van der Waals surface area contributed by atoms with Gasteiger partial charge in [-0.3, -0.25) is 0 Å². The highest BCUT2D eigenvalue weighted by atomic mass is 16.5. The smallest absolute Gasteiger partial charge is 0.0939 e. The van der Waals surface area contributed by atoms with Crippen LogP contribution in [-0.4, -0.2) is 36.1 Å². The van der Waals surface area contributed by atoms with Crippen LogP contribution in [0.3, 0.4) is 0 Å². The van der Waals surface area contributed by atoms with Crippen LogP contribution >= 0.6 is 0 Å². The predicted octanol–water partition coefficient (Wildman–Crippen LogP) is 2.66. The maximum absolute atomic E-state index is 10.8. The van der Waals surface area contributed by atoms with E-state index in [4.69, 9.17) is 9.47 Å². The lowest BCUT2D eigenvalue weighted by Crippen LogP contribution is -2.53. The monoisotopic (exact) mass is 254 g/mol. The van der Waals surface area contributed by atoms with E-state index in [9.17, 15) is 5.11 Å². The number of rotatable bonds is 3. The highest BCUT2D eigenvalue weighted by Crippen LogP contribution is 2.48. The van der Waals surface area contributed by atoms with E-state index in [-0.39, 0.29) is 17.3 Å². The number of aliphatic hydroxyl groups excluding tert-OH is 1. The third-order valence-electron chi connectivity index (χ3n) is 5.64. The van der Waals surface area contributed by atoms with Crippen LogP contribution in [0.25, 0.3) is 0 Å². The van der Waals surface area contributed by atoms with Gasteiger partial charge in [0, 0.05) is 13.7 Å². The quantitative estimate of drug-likeness (QED) is 0.841. The van der Waals surface area contributed by atoms with Crippen molar-refractivity contribution in [3.63, 3.8) is 0 Å². The maximum Gasteiger partial charge on any atom is 0.0939 e. The summed E-state index contributed by atoms with van der Waals surface area (Å²) in [4.78, 5) is 0. The molecule has 2 unspecified atom stereocenters. The van der Waals surface area contributed by atoms with Crippen molar-refractivity contribution in [3.8, 4) is 0 Å². The zero-order valence-electron chi connectivity index (χ0n) is 11.5. The van der Waals surface area contributed by atoms with Gasteiger partial charge in [-0.15, -0.1) is 0 Å². The van der Waals surface area contributed by atoms with Crippen LogP contribution in [0.4, 0.5) is 0 Å². The molecule has 2 aliphatic carbocycles. The summed E-state index contributed by atoms with van der Waals surface area (Å²) in [5, 5.41) is 10.8. The van der Waals surface area contributed by atoms with Crippen molar-refractivity contribution in [1.29, 1.82) is 0 Å². The fourth-order valence-electron chi connectivity index (χ4n) is 4.28. The largest absolute Gasteiger partial charge is 0.390 e. The van der Waals surface area contributed by atoms with Crippen LogP contribution in [0.5, 0.6) is 0 Å². The minimum Gasteiger partial charge on any atom is -0.390 e. The van der Waals surface area contributed by atoms with Gasteiger partial charge in [-0.1, -0.05) is 12.8 Å². The van der Waals surface area contributed by atoms with Gasteiger partial charge < -0.3 is 14.6 Å². The van der Waals surface area contributed by atoms with Gasteiger partial charge in [0.25, 0.3) is 0 Å². The average molecular weight is 254 g/mol. The highest BCUT2D eigenvalue weighted by molar-refractivity contribution is 5.01. The number of hydrogen-bond acceptors (Lipinski definition) is 3. The van der Waals surface area contributed by atoms with Gasteiger partial charge in [-0.25, -0.2) is 0 Å². The highest BCUT2D eigenvalue weighted by Gasteiger charge is 2.50. The summed E-state index contributed by atoms with van der Waals surface area (Å²) in [5.74, 6) is 0.372. The van der Waals surface area contributed by atoms with Gasteiger partial charge in [-0.2, -0.15) is 0 Å².